The minimum Gasteiger partial charge on any atom is -0.481 e. The number of H-pyrrole nitrogens is 1. The number of hydrogen-bond donors (Lipinski definition) is 7. The molecule has 240 valence electrons. The quantitative estimate of drug-likeness (QED) is 0.0969. The number of carbonyl (C=O) groups is 5. The number of carboxylic acid groups (broad SMARTS) is 2. The minimum absolute atomic E-state index is 0.00146. The Balaban J connectivity index is 1.57. The Kier molecular flexibility index (Phi) is 11.2. The summed E-state index contributed by atoms with van der Waals surface area (Å²) < 4.78 is 0. The molecule has 0 aliphatic carbocycles. The first-order valence-electron chi connectivity index (χ1n) is 14.8. The molecular weight excluding hydrogens is 590 g/mol. The number of carboxylic acids is 2. The van der Waals surface area contributed by atoms with E-state index in [4.69, 9.17) is 11.5 Å². The molecular formula is C34H37N5O7. The second-order valence-electron chi connectivity index (χ2n) is 11.2. The molecule has 3 aromatic carbocycles. The number of aromatic nitrogens is 1. The van der Waals surface area contributed by atoms with Crippen molar-refractivity contribution < 1.29 is 34.2 Å². The molecule has 0 saturated carbocycles. The number of aromatic amines is 1. The largest absolute Gasteiger partial charge is 0.481 e. The van der Waals surface area contributed by atoms with E-state index < -0.39 is 59.6 Å². The lowest BCUT2D eigenvalue weighted by Crippen LogP contribution is -2.59. The number of carbonyl (C=O) groups excluding carboxylic acids is 3. The Morgan fingerprint density at radius 1 is 0.717 bits per heavy atom. The van der Waals surface area contributed by atoms with Crippen LogP contribution in [0.15, 0.2) is 91.1 Å². The van der Waals surface area contributed by atoms with Crippen molar-refractivity contribution in [1.29, 1.82) is 0 Å². The standard InChI is InChI=1S/C34H37N5O7/c35-26(17-22(33(43)44)15-20-9-3-1-4-10-20)31(41)39-29(25(34(45)46)16-21-11-5-2-6-12-21)32(42)38-28(30(36)40)18-23-19-37-27-14-8-7-13-24(23)27/h1-14,19,22,25-26,28-29,37H,15-18,35H2,(H2,36,40)(H,38,42)(H,39,41)(H,43,44)(H,45,46)/t22?,25?,26-,28-,29-/m0/s1. The van der Waals surface area contributed by atoms with Crippen molar-refractivity contribution in [2.45, 2.75) is 43.8 Å². The van der Waals surface area contributed by atoms with E-state index in [0.29, 0.717) is 11.1 Å². The average Bonchev–Trinajstić information content (AvgIpc) is 3.45. The second-order valence-corrected chi connectivity index (χ2v) is 11.2. The molecule has 5 atom stereocenters. The van der Waals surface area contributed by atoms with Gasteiger partial charge in [-0.2, -0.15) is 0 Å². The Morgan fingerprint density at radius 3 is 1.89 bits per heavy atom. The predicted molar refractivity (Wildman–Crippen MR) is 170 cm³/mol. The van der Waals surface area contributed by atoms with Crippen LogP contribution in [-0.4, -0.2) is 63.0 Å². The van der Waals surface area contributed by atoms with E-state index in [9.17, 15) is 34.2 Å². The molecule has 0 saturated heterocycles. The number of rotatable bonds is 16. The van der Waals surface area contributed by atoms with E-state index in [1.165, 1.54) is 0 Å². The Hall–Kier alpha value is -5.49. The van der Waals surface area contributed by atoms with Crippen LogP contribution >= 0.6 is 0 Å². The molecule has 1 heterocycles. The van der Waals surface area contributed by atoms with Crippen LogP contribution in [0.4, 0.5) is 0 Å². The SMILES string of the molecule is NC(=O)[C@H](Cc1c[nH]c2ccccc12)NC(=O)[C@@H](NC(=O)[C@@H](N)CC(Cc1ccccc1)C(=O)O)C(Cc1ccccc1)C(=O)O. The molecule has 12 heteroatoms. The molecule has 4 rings (SSSR count). The molecule has 0 spiro atoms. The average molecular weight is 628 g/mol. The molecule has 0 bridgehead atoms. The third-order valence-electron chi connectivity index (χ3n) is 7.91. The summed E-state index contributed by atoms with van der Waals surface area (Å²) in [5, 5.41) is 25.8. The monoisotopic (exact) mass is 627 g/mol. The maximum Gasteiger partial charge on any atom is 0.309 e. The molecule has 0 aliphatic heterocycles. The van der Waals surface area contributed by atoms with Gasteiger partial charge in [0.05, 0.1) is 17.9 Å². The van der Waals surface area contributed by atoms with Gasteiger partial charge in [0, 0.05) is 23.5 Å². The summed E-state index contributed by atoms with van der Waals surface area (Å²) >= 11 is 0. The van der Waals surface area contributed by atoms with Gasteiger partial charge in [0.15, 0.2) is 0 Å². The molecule has 12 nitrogen and oxygen atoms in total. The lowest BCUT2D eigenvalue weighted by atomic mass is 9.89. The first-order valence-corrected chi connectivity index (χ1v) is 14.8. The summed E-state index contributed by atoms with van der Waals surface area (Å²) in [6, 6.07) is 20.4. The van der Waals surface area contributed by atoms with E-state index in [-0.39, 0.29) is 25.7 Å². The van der Waals surface area contributed by atoms with Gasteiger partial charge in [-0.1, -0.05) is 78.9 Å². The van der Waals surface area contributed by atoms with Crippen LogP contribution in [0, 0.1) is 11.8 Å². The smallest absolute Gasteiger partial charge is 0.309 e. The first kappa shape index (κ1) is 33.4. The van der Waals surface area contributed by atoms with Crippen LogP contribution in [0.1, 0.15) is 23.1 Å². The van der Waals surface area contributed by atoms with Crippen molar-refractivity contribution in [1.82, 2.24) is 15.6 Å². The fraction of sp³-hybridized carbons (Fsp3) is 0.265. The van der Waals surface area contributed by atoms with Gasteiger partial charge in [-0.05, 0) is 42.0 Å². The van der Waals surface area contributed by atoms with E-state index in [0.717, 1.165) is 16.5 Å². The Labute approximate surface area is 265 Å². The topological polar surface area (TPSA) is 218 Å². The van der Waals surface area contributed by atoms with Gasteiger partial charge < -0.3 is 37.3 Å². The number of hydrogen-bond acceptors (Lipinski definition) is 6. The highest BCUT2D eigenvalue weighted by Gasteiger charge is 2.38. The number of primary amides is 1. The van der Waals surface area contributed by atoms with Crippen LogP contribution < -0.4 is 22.1 Å². The number of nitrogens with one attached hydrogen (secondary N) is 3. The van der Waals surface area contributed by atoms with Crippen LogP contribution in [0.5, 0.6) is 0 Å². The Morgan fingerprint density at radius 2 is 1.30 bits per heavy atom. The van der Waals surface area contributed by atoms with Crippen molar-refractivity contribution in [2.75, 3.05) is 0 Å². The van der Waals surface area contributed by atoms with E-state index in [2.05, 4.69) is 15.6 Å². The van der Waals surface area contributed by atoms with Crippen molar-refractivity contribution in [3.8, 4) is 0 Å². The zero-order chi connectivity index (χ0) is 33.2. The number of nitrogens with two attached hydrogens (primary N) is 2. The summed E-state index contributed by atoms with van der Waals surface area (Å²) in [6.45, 7) is 0. The van der Waals surface area contributed by atoms with Crippen LogP contribution in [0.2, 0.25) is 0 Å². The summed E-state index contributed by atoms with van der Waals surface area (Å²) in [6.07, 6.45) is 1.39. The van der Waals surface area contributed by atoms with Crippen molar-refractivity contribution in [3.63, 3.8) is 0 Å². The highest BCUT2D eigenvalue weighted by molar-refractivity contribution is 5.96. The normalized spacial score (nSPS) is 14.4. The van der Waals surface area contributed by atoms with Crippen LogP contribution in [0.3, 0.4) is 0 Å². The third-order valence-corrected chi connectivity index (χ3v) is 7.91. The van der Waals surface area contributed by atoms with Crippen molar-refractivity contribution >= 4 is 40.6 Å². The van der Waals surface area contributed by atoms with Gasteiger partial charge in [0.1, 0.15) is 12.1 Å². The van der Waals surface area contributed by atoms with Crippen LogP contribution in [-0.2, 0) is 43.2 Å². The first-order chi connectivity index (χ1) is 22.0. The number of aliphatic carboxylic acids is 2. The summed E-state index contributed by atoms with van der Waals surface area (Å²) in [4.78, 5) is 67.3. The minimum atomic E-state index is -1.68. The highest BCUT2D eigenvalue weighted by Crippen LogP contribution is 2.20. The molecule has 4 aromatic rings. The number of benzene rings is 3. The summed E-state index contributed by atoms with van der Waals surface area (Å²) in [5.41, 5.74) is 14.6. The predicted octanol–water partition coefficient (Wildman–Crippen LogP) is 1.77. The van der Waals surface area contributed by atoms with Crippen molar-refractivity contribution in [3.05, 3.63) is 108 Å². The molecule has 46 heavy (non-hydrogen) atoms. The molecule has 1 aromatic heterocycles. The molecule has 2 unspecified atom stereocenters. The van der Waals surface area contributed by atoms with Crippen LogP contribution in [0.25, 0.3) is 10.9 Å². The van der Waals surface area contributed by atoms with E-state index >= 15 is 0 Å². The van der Waals surface area contributed by atoms with Crippen molar-refractivity contribution in [2.24, 2.45) is 23.3 Å². The van der Waals surface area contributed by atoms with Gasteiger partial charge in [-0.15, -0.1) is 0 Å². The number of amides is 3. The molecule has 9 N–H and O–H groups in total. The zero-order valence-electron chi connectivity index (χ0n) is 25.0. The van der Waals surface area contributed by atoms with Gasteiger partial charge in [0.25, 0.3) is 0 Å². The van der Waals surface area contributed by atoms with E-state index in [1.807, 2.05) is 24.3 Å². The fourth-order valence-corrected chi connectivity index (χ4v) is 5.41. The third kappa shape index (κ3) is 8.79. The highest BCUT2D eigenvalue weighted by atomic mass is 16.4. The maximum atomic E-state index is 13.8. The maximum absolute atomic E-state index is 13.8. The van der Waals surface area contributed by atoms with Gasteiger partial charge in [-0.3, -0.25) is 24.0 Å². The zero-order valence-corrected chi connectivity index (χ0v) is 25.0. The Bertz CT molecular complexity index is 1670. The summed E-state index contributed by atoms with van der Waals surface area (Å²) in [7, 11) is 0. The lowest BCUT2D eigenvalue weighted by Gasteiger charge is -2.28. The van der Waals surface area contributed by atoms with Gasteiger partial charge >= 0.3 is 11.9 Å². The molecule has 0 fully saturated rings. The molecule has 0 radical (unpaired) electrons. The lowest BCUT2D eigenvalue weighted by molar-refractivity contribution is -0.146. The summed E-state index contributed by atoms with van der Waals surface area (Å²) in [5.74, 6) is -7.75. The van der Waals surface area contributed by atoms with E-state index in [1.54, 1.807) is 66.9 Å². The number of para-hydroxylation sites is 1. The van der Waals surface area contributed by atoms with Gasteiger partial charge in [0.2, 0.25) is 17.7 Å². The second kappa shape index (κ2) is 15.5. The van der Waals surface area contributed by atoms with Gasteiger partial charge in [-0.25, -0.2) is 0 Å². The molecule has 3 amide bonds. The fourth-order valence-electron chi connectivity index (χ4n) is 5.41. The number of fused-ring (bicyclic) bond motifs is 1. The molecule has 0 aliphatic rings.